The Morgan fingerprint density at radius 1 is 1.30 bits per heavy atom. The van der Waals surface area contributed by atoms with Gasteiger partial charge >= 0.3 is 0 Å². The van der Waals surface area contributed by atoms with Crippen molar-refractivity contribution in [3.05, 3.63) is 47.2 Å². The molecule has 0 unspecified atom stereocenters. The van der Waals surface area contributed by atoms with E-state index in [-0.39, 0.29) is 5.91 Å². The first-order chi connectivity index (χ1) is 9.65. The number of anilines is 2. The molecule has 0 atom stereocenters. The number of hydrogen-bond acceptors (Lipinski definition) is 4. The largest absolute Gasteiger partial charge is 0.495 e. The molecule has 0 saturated carbocycles. The standard InChI is InChI=1S/C14H14ClN3O2/c1-16-12-8-17-6-5-10(12)14(19)18-11-7-9(15)3-4-13(11)20-2/h3-8,16H,1-2H3,(H,18,19). The molecule has 0 fully saturated rings. The average Bonchev–Trinajstić information content (AvgIpc) is 2.47. The minimum Gasteiger partial charge on any atom is -0.495 e. The molecule has 0 spiro atoms. The molecule has 20 heavy (non-hydrogen) atoms. The van der Waals surface area contributed by atoms with Gasteiger partial charge in [0.25, 0.3) is 5.91 Å². The lowest BCUT2D eigenvalue weighted by atomic mass is 10.2. The molecule has 0 saturated heterocycles. The monoisotopic (exact) mass is 291 g/mol. The molecule has 104 valence electrons. The summed E-state index contributed by atoms with van der Waals surface area (Å²) in [7, 11) is 3.26. The van der Waals surface area contributed by atoms with Crippen molar-refractivity contribution in [1.82, 2.24) is 4.98 Å². The Balaban J connectivity index is 2.30. The summed E-state index contributed by atoms with van der Waals surface area (Å²) < 4.78 is 5.19. The van der Waals surface area contributed by atoms with Gasteiger partial charge in [0.1, 0.15) is 5.75 Å². The van der Waals surface area contributed by atoms with E-state index < -0.39 is 0 Å². The van der Waals surface area contributed by atoms with E-state index in [9.17, 15) is 4.79 Å². The summed E-state index contributed by atoms with van der Waals surface area (Å²) in [4.78, 5) is 16.3. The Morgan fingerprint density at radius 2 is 2.10 bits per heavy atom. The Kier molecular flexibility index (Phi) is 4.42. The van der Waals surface area contributed by atoms with Crippen LogP contribution in [0, 0.1) is 0 Å². The number of carbonyl (C=O) groups is 1. The number of carbonyl (C=O) groups excluding carboxylic acids is 1. The van der Waals surface area contributed by atoms with Crippen LogP contribution in [-0.2, 0) is 0 Å². The highest BCUT2D eigenvalue weighted by molar-refractivity contribution is 6.31. The van der Waals surface area contributed by atoms with E-state index in [0.29, 0.717) is 27.7 Å². The number of methoxy groups -OCH3 is 1. The molecule has 2 rings (SSSR count). The second-order valence-electron chi connectivity index (χ2n) is 3.97. The van der Waals surface area contributed by atoms with Crippen LogP contribution in [-0.4, -0.2) is 25.0 Å². The molecule has 1 aromatic heterocycles. The number of benzene rings is 1. The van der Waals surface area contributed by atoms with Gasteiger partial charge in [-0.15, -0.1) is 0 Å². The number of nitrogens with one attached hydrogen (secondary N) is 2. The summed E-state index contributed by atoms with van der Waals surface area (Å²) in [6.07, 6.45) is 3.15. The Morgan fingerprint density at radius 3 is 2.80 bits per heavy atom. The first-order valence-corrected chi connectivity index (χ1v) is 6.30. The van der Waals surface area contributed by atoms with Crippen LogP contribution in [0.2, 0.25) is 5.02 Å². The molecular formula is C14H14ClN3O2. The fourth-order valence-corrected chi connectivity index (χ4v) is 1.93. The zero-order valence-corrected chi connectivity index (χ0v) is 11.9. The smallest absolute Gasteiger partial charge is 0.257 e. The maximum Gasteiger partial charge on any atom is 0.257 e. The first kappa shape index (κ1) is 14.1. The molecule has 2 aromatic rings. The molecule has 0 bridgehead atoms. The fraction of sp³-hybridized carbons (Fsp3) is 0.143. The van der Waals surface area contributed by atoms with Crippen LogP contribution in [0.5, 0.6) is 5.75 Å². The van der Waals surface area contributed by atoms with Gasteiger partial charge in [0.2, 0.25) is 0 Å². The van der Waals surface area contributed by atoms with E-state index in [4.69, 9.17) is 16.3 Å². The Labute approximate surface area is 121 Å². The Hall–Kier alpha value is -2.27. The predicted molar refractivity (Wildman–Crippen MR) is 79.7 cm³/mol. The van der Waals surface area contributed by atoms with E-state index in [2.05, 4.69) is 15.6 Å². The highest BCUT2D eigenvalue weighted by Crippen LogP contribution is 2.28. The van der Waals surface area contributed by atoms with Gasteiger partial charge in [0.15, 0.2) is 0 Å². The molecule has 0 radical (unpaired) electrons. The zero-order valence-electron chi connectivity index (χ0n) is 11.1. The summed E-state index contributed by atoms with van der Waals surface area (Å²) in [5.41, 5.74) is 1.65. The van der Waals surface area contributed by atoms with Gasteiger partial charge in [0, 0.05) is 18.3 Å². The van der Waals surface area contributed by atoms with Crippen molar-refractivity contribution in [2.75, 3.05) is 24.8 Å². The Bertz CT molecular complexity index is 632. The highest BCUT2D eigenvalue weighted by atomic mass is 35.5. The van der Waals surface area contributed by atoms with Crippen molar-refractivity contribution < 1.29 is 9.53 Å². The number of ether oxygens (including phenoxy) is 1. The maximum absolute atomic E-state index is 12.3. The molecular weight excluding hydrogens is 278 g/mol. The number of nitrogens with zero attached hydrogens (tertiary/aromatic N) is 1. The second-order valence-corrected chi connectivity index (χ2v) is 4.41. The molecule has 0 aliphatic heterocycles. The van der Waals surface area contributed by atoms with Crippen LogP contribution < -0.4 is 15.4 Å². The van der Waals surface area contributed by atoms with Crippen molar-refractivity contribution in [1.29, 1.82) is 0 Å². The lowest BCUT2D eigenvalue weighted by molar-refractivity contribution is 0.102. The highest BCUT2D eigenvalue weighted by Gasteiger charge is 2.13. The van der Waals surface area contributed by atoms with Crippen molar-refractivity contribution in [3.63, 3.8) is 0 Å². The van der Waals surface area contributed by atoms with Gasteiger partial charge in [-0.1, -0.05) is 11.6 Å². The number of halogens is 1. The molecule has 0 aliphatic carbocycles. The van der Waals surface area contributed by atoms with Gasteiger partial charge in [-0.25, -0.2) is 0 Å². The second kappa shape index (κ2) is 6.25. The minimum atomic E-state index is -0.266. The third kappa shape index (κ3) is 3.00. The SMILES string of the molecule is CNc1cnccc1C(=O)Nc1cc(Cl)ccc1OC. The lowest BCUT2D eigenvalue weighted by Crippen LogP contribution is -2.14. The van der Waals surface area contributed by atoms with Crippen LogP contribution in [0.25, 0.3) is 0 Å². The van der Waals surface area contributed by atoms with E-state index in [0.717, 1.165) is 0 Å². The molecule has 2 N–H and O–H groups in total. The maximum atomic E-state index is 12.3. The van der Waals surface area contributed by atoms with E-state index in [1.54, 1.807) is 43.7 Å². The molecule has 1 amide bonds. The lowest BCUT2D eigenvalue weighted by Gasteiger charge is -2.12. The zero-order chi connectivity index (χ0) is 14.5. The quantitative estimate of drug-likeness (QED) is 0.909. The molecule has 1 heterocycles. The first-order valence-electron chi connectivity index (χ1n) is 5.92. The molecule has 5 nitrogen and oxygen atoms in total. The minimum absolute atomic E-state index is 0.266. The predicted octanol–water partition coefficient (Wildman–Crippen LogP) is 3.04. The van der Waals surface area contributed by atoms with E-state index in [1.807, 2.05) is 0 Å². The average molecular weight is 292 g/mol. The summed E-state index contributed by atoms with van der Waals surface area (Å²) >= 11 is 5.93. The van der Waals surface area contributed by atoms with E-state index in [1.165, 1.54) is 7.11 Å². The number of amides is 1. The van der Waals surface area contributed by atoms with Crippen LogP contribution in [0.3, 0.4) is 0 Å². The van der Waals surface area contributed by atoms with Crippen LogP contribution in [0.4, 0.5) is 11.4 Å². The molecule has 1 aromatic carbocycles. The van der Waals surface area contributed by atoms with Gasteiger partial charge in [-0.05, 0) is 24.3 Å². The topological polar surface area (TPSA) is 63.2 Å². The normalized spacial score (nSPS) is 9.95. The van der Waals surface area contributed by atoms with Crippen molar-refractivity contribution in [2.24, 2.45) is 0 Å². The van der Waals surface area contributed by atoms with Crippen molar-refractivity contribution in [3.8, 4) is 5.75 Å². The van der Waals surface area contributed by atoms with Crippen LogP contribution in [0.1, 0.15) is 10.4 Å². The van der Waals surface area contributed by atoms with E-state index >= 15 is 0 Å². The van der Waals surface area contributed by atoms with Crippen molar-refractivity contribution >= 4 is 28.9 Å². The van der Waals surface area contributed by atoms with Gasteiger partial charge in [0.05, 0.1) is 30.2 Å². The summed E-state index contributed by atoms with van der Waals surface area (Å²) in [5, 5.41) is 6.22. The number of pyridine rings is 1. The third-order valence-corrected chi connectivity index (χ3v) is 2.98. The van der Waals surface area contributed by atoms with Crippen molar-refractivity contribution in [2.45, 2.75) is 0 Å². The third-order valence-electron chi connectivity index (χ3n) is 2.74. The number of aromatic nitrogens is 1. The molecule has 6 heteroatoms. The number of hydrogen-bond donors (Lipinski definition) is 2. The summed E-state index contributed by atoms with van der Waals surface area (Å²) in [6, 6.07) is 6.67. The summed E-state index contributed by atoms with van der Waals surface area (Å²) in [6.45, 7) is 0. The van der Waals surface area contributed by atoms with Gasteiger partial charge in [-0.3, -0.25) is 9.78 Å². The summed E-state index contributed by atoms with van der Waals surface area (Å²) in [5.74, 6) is 0.278. The van der Waals surface area contributed by atoms with Crippen LogP contribution in [0.15, 0.2) is 36.7 Å². The van der Waals surface area contributed by atoms with Gasteiger partial charge in [-0.2, -0.15) is 0 Å². The number of rotatable bonds is 4. The molecule has 0 aliphatic rings. The van der Waals surface area contributed by atoms with Gasteiger partial charge < -0.3 is 15.4 Å². The van der Waals surface area contributed by atoms with Crippen LogP contribution >= 0.6 is 11.6 Å². The fourth-order valence-electron chi connectivity index (χ4n) is 1.76.